The van der Waals surface area contributed by atoms with Crippen LogP contribution in [0.1, 0.15) is 38.3 Å². The normalized spacial score (nSPS) is 13.5. The third-order valence-electron chi connectivity index (χ3n) is 5.66. The molecule has 0 saturated carbocycles. The summed E-state index contributed by atoms with van der Waals surface area (Å²) in [6, 6.07) is 6.32. The van der Waals surface area contributed by atoms with Gasteiger partial charge in [-0.2, -0.15) is 13.2 Å². The predicted molar refractivity (Wildman–Crippen MR) is 133 cm³/mol. The molecule has 2 unspecified atom stereocenters. The fourth-order valence-electron chi connectivity index (χ4n) is 3.33. The van der Waals surface area contributed by atoms with Crippen LogP contribution < -0.4 is 9.62 Å². The van der Waals surface area contributed by atoms with Crippen LogP contribution in [0.3, 0.4) is 0 Å². The highest BCUT2D eigenvalue weighted by Crippen LogP contribution is 2.37. The second-order valence-electron chi connectivity index (χ2n) is 8.57. The molecule has 2 amide bonds. The zero-order valence-corrected chi connectivity index (χ0v) is 22.2. The van der Waals surface area contributed by atoms with Gasteiger partial charge >= 0.3 is 6.18 Å². The van der Waals surface area contributed by atoms with E-state index in [1.165, 1.54) is 19.1 Å². The highest BCUT2D eigenvalue weighted by Gasteiger charge is 2.35. The number of sulfonamides is 1. The Balaban J connectivity index is 2.47. The average molecular weight is 566 g/mol. The Labute approximate surface area is 218 Å². The Morgan fingerprint density at radius 2 is 1.68 bits per heavy atom. The van der Waals surface area contributed by atoms with E-state index in [1.54, 1.807) is 6.92 Å². The third-order valence-corrected chi connectivity index (χ3v) is 7.13. The van der Waals surface area contributed by atoms with Gasteiger partial charge in [-0.3, -0.25) is 13.9 Å². The Hall–Kier alpha value is -2.86. The molecule has 2 aromatic rings. The van der Waals surface area contributed by atoms with E-state index in [0.717, 1.165) is 35.4 Å². The first kappa shape index (κ1) is 30.4. The summed E-state index contributed by atoms with van der Waals surface area (Å²) in [7, 11) is -4.24. The first-order valence-corrected chi connectivity index (χ1v) is 13.5. The largest absolute Gasteiger partial charge is 0.417 e. The van der Waals surface area contributed by atoms with E-state index >= 15 is 0 Å². The van der Waals surface area contributed by atoms with Crippen molar-refractivity contribution >= 4 is 39.1 Å². The van der Waals surface area contributed by atoms with E-state index in [4.69, 9.17) is 11.6 Å². The maximum absolute atomic E-state index is 13.4. The van der Waals surface area contributed by atoms with E-state index in [9.17, 15) is 35.6 Å². The van der Waals surface area contributed by atoms with Crippen molar-refractivity contribution in [3.05, 3.63) is 64.4 Å². The Morgan fingerprint density at radius 3 is 2.19 bits per heavy atom. The van der Waals surface area contributed by atoms with Gasteiger partial charge in [0.1, 0.15) is 18.4 Å². The molecule has 0 aromatic heterocycles. The average Bonchev–Trinajstić information content (AvgIpc) is 2.80. The Morgan fingerprint density at radius 1 is 1.08 bits per heavy atom. The van der Waals surface area contributed by atoms with Gasteiger partial charge in [-0.25, -0.2) is 12.8 Å². The molecule has 0 bridgehead atoms. The number of benzene rings is 2. The number of carbonyl (C=O) groups is 2. The predicted octanol–water partition coefficient (Wildman–Crippen LogP) is 4.60. The fourth-order valence-corrected chi connectivity index (χ4v) is 4.40. The van der Waals surface area contributed by atoms with Gasteiger partial charge in [0.25, 0.3) is 0 Å². The summed E-state index contributed by atoms with van der Waals surface area (Å²) in [6.07, 6.45) is -3.51. The van der Waals surface area contributed by atoms with Crippen LogP contribution in [0, 0.1) is 5.82 Å². The van der Waals surface area contributed by atoms with Crippen LogP contribution in [0.4, 0.5) is 23.2 Å². The molecule has 13 heteroatoms. The zero-order chi connectivity index (χ0) is 28.1. The van der Waals surface area contributed by atoms with Gasteiger partial charge in [0.15, 0.2) is 0 Å². The summed E-state index contributed by atoms with van der Waals surface area (Å²) in [5.41, 5.74) is -1.24. The lowest BCUT2D eigenvalue weighted by atomic mass is 10.1. The summed E-state index contributed by atoms with van der Waals surface area (Å²) in [5.74, 6) is -1.89. The van der Waals surface area contributed by atoms with E-state index in [1.807, 2.05) is 6.92 Å². The second-order valence-corrected chi connectivity index (χ2v) is 10.9. The second kappa shape index (κ2) is 12.1. The maximum Gasteiger partial charge on any atom is 0.417 e. The number of rotatable bonds is 10. The van der Waals surface area contributed by atoms with Crippen molar-refractivity contribution in [1.29, 1.82) is 0 Å². The lowest BCUT2D eigenvalue weighted by Gasteiger charge is -2.32. The summed E-state index contributed by atoms with van der Waals surface area (Å²) < 4.78 is 79.1. The van der Waals surface area contributed by atoms with Gasteiger partial charge < -0.3 is 10.2 Å². The maximum atomic E-state index is 13.4. The lowest BCUT2D eigenvalue weighted by Crippen LogP contribution is -2.52. The van der Waals surface area contributed by atoms with Crippen molar-refractivity contribution in [3.63, 3.8) is 0 Å². The van der Waals surface area contributed by atoms with Gasteiger partial charge in [0, 0.05) is 12.6 Å². The van der Waals surface area contributed by atoms with Gasteiger partial charge in [0.05, 0.1) is 22.5 Å². The van der Waals surface area contributed by atoms with E-state index < -0.39 is 62.7 Å². The van der Waals surface area contributed by atoms with E-state index in [0.29, 0.717) is 22.4 Å². The summed E-state index contributed by atoms with van der Waals surface area (Å²) >= 11 is 5.65. The molecule has 0 fully saturated rings. The standard InChI is InChI=1S/C24H28ClF4N3O4S/c1-5-15(2)30-23(34)16(3)31(13-17-6-8-18(26)9-7-17)22(33)14-32(37(4,35)36)19-10-11-21(25)20(12-19)24(27,28)29/h6-12,15-16H,5,13-14H2,1-4H3,(H,30,34). The van der Waals surface area contributed by atoms with Crippen LogP contribution in [0.15, 0.2) is 42.5 Å². The summed E-state index contributed by atoms with van der Waals surface area (Å²) in [6.45, 7) is 3.98. The van der Waals surface area contributed by atoms with Crippen molar-refractivity contribution in [2.45, 2.75) is 52.0 Å². The molecule has 7 nitrogen and oxygen atoms in total. The highest BCUT2D eigenvalue weighted by atomic mass is 35.5. The molecule has 0 radical (unpaired) electrons. The molecular formula is C24H28ClF4N3O4S. The van der Waals surface area contributed by atoms with Crippen LogP contribution in [0.25, 0.3) is 0 Å². The number of alkyl halides is 3. The quantitative estimate of drug-likeness (QED) is 0.427. The van der Waals surface area contributed by atoms with E-state index in [2.05, 4.69) is 5.32 Å². The van der Waals surface area contributed by atoms with Crippen molar-refractivity contribution in [1.82, 2.24) is 10.2 Å². The number of hydrogen-bond donors (Lipinski definition) is 1. The first-order valence-electron chi connectivity index (χ1n) is 11.2. The smallest absolute Gasteiger partial charge is 0.352 e. The number of nitrogens with zero attached hydrogens (tertiary/aromatic N) is 2. The monoisotopic (exact) mass is 565 g/mol. The van der Waals surface area contributed by atoms with Crippen LogP contribution >= 0.6 is 11.6 Å². The molecule has 0 spiro atoms. The van der Waals surface area contributed by atoms with Crippen LogP contribution in [0.5, 0.6) is 0 Å². The molecule has 0 heterocycles. The molecular weight excluding hydrogens is 538 g/mol. The molecule has 2 atom stereocenters. The minimum atomic E-state index is -4.86. The Bertz CT molecular complexity index is 1220. The van der Waals surface area contributed by atoms with Crippen molar-refractivity contribution in [2.75, 3.05) is 17.1 Å². The molecule has 1 N–H and O–H groups in total. The van der Waals surface area contributed by atoms with Gasteiger partial charge in [0.2, 0.25) is 21.8 Å². The molecule has 2 rings (SSSR count). The van der Waals surface area contributed by atoms with Crippen LogP contribution in [-0.4, -0.2) is 50.0 Å². The molecule has 204 valence electrons. The lowest BCUT2D eigenvalue weighted by molar-refractivity contribution is -0.139. The van der Waals surface area contributed by atoms with Crippen molar-refractivity contribution in [2.24, 2.45) is 0 Å². The molecule has 0 aliphatic carbocycles. The minimum absolute atomic E-state index is 0.180. The number of halogens is 5. The molecule has 0 aliphatic heterocycles. The van der Waals surface area contributed by atoms with E-state index in [-0.39, 0.29) is 12.6 Å². The molecule has 37 heavy (non-hydrogen) atoms. The van der Waals surface area contributed by atoms with Crippen molar-refractivity contribution < 1.29 is 35.6 Å². The highest BCUT2D eigenvalue weighted by molar-refractivity contribution is 7.92. The minimum Gasteiger partial charge on any atom is -0.352 e. The number of nitrogens with one attached hydrogen (secondary N) is 1. The van der Waals surface area contributed by atoms with Crippen molar-refractivity contribution in [3.8, 4) is 0 Å². The number of hydrogen-bond acceptors (Lipinski definition) is 4. The van der Waals surface area contributed by atoms with Crippen LogP contribution in [-0.2, 0) is 32.3 Å². The Kier molecular flexibility index (Phi) is 9.95. The summed E-state index contributed by atoms with van der Waals surface area (Å²) in [4.78, 5) is 27.3. The number of carbonyl (C=O) groups excluding carboxylic acids is 2. The zero-order valence-electron chi connectivity index (χ0n) is 20.6. The topological polar surface area (TPSA) is 86.8 Å². The van der Waals surface area contributed by atoms with Gasteiger partial charge in [-0.15, -0.1) is 0 Å². The fraction of sp³-hybridized carbons (Fsp3) is 0.417. The molecule has 0 aliphatic rings. The van der Waals surface area contributed by atoms with Gasteiger partial charge in [-0.1, -0.05) is 30.7 Å². The number of anilines is 1. The summed E-state index contributed by atoms with van der Waals surface area (Å²) in [5, 5.41) is 2.11. The molecule has 2 aromatic carbocycles. The van der Waals surface area contributed by atoms with Gasteiger partial charge in [-0.05, 0) is 56.2 Å². The number of amides is 2. The molecule has 0 saturated heterocycles. The first-order chi connectivity index (χ1) is 17.0. The third kappa shape index (κ3) is 8.32. The SMILES string of the molecule is CCC(C)NC(=O)C(C)N(Cc1ccc(F)cc1)C(=O)CN(c1ccc(Cl)c(C(F)(F)F)c1)S(C)(=O)=O. The van der Waals surface area contributed by atoms with Crippen LogP contribution in [0.2, 0.25) is 5.02 Å².